The van der Waals surface area contributed by atoms with E-state index in [0.29, 0.717) is 6.42 Å². The predicted octanol–water partition coefficient (Wildman–Crippen LogP) is 4.75. The summed E-state index contributed by atoms with van der Waals surface area (Å²) in [7, 11) is 1.69. The molecule has 0 saturated carbocycles. The Labute approximate surface area is 186 Å². The number of hydrogen-bond donors (Lipinski definition) is 0. The van der Waals surface area contributed by atoms with Crippen molar-refractivity contribution in [2.24, 2.45) is 0 Å². The molecule has 0 radical (unpaired) electrons. The first-order valence-corrected chi connectivity index (χ1v) is 12.0. The van der Waals surface area contributed by atoms with Gasteiger partial charge in [-0.3, -0.25) is 4.79 Å². The summed E-state index contributed by atoms with van der Waals surface area (Å²) in [5, 5.41) is 1.01. The number of thiazole rings is 1. The molecule has 2 heterocycles. The quantitative estimate of drug-likeness (QED) is 0.517. The van der Waals surface area contributed by atoms with Crippen molar-refractivity contribution in [2.75, 3.05) is 43.9 Å². The normalized spacial score (nSPS) is 14.4. The lowest BCUT2D eigenvalue weighted by atomic mass is 10.2. The first-order chi connectivity index (χ1) is 14.5. The van der Waals surface area contributed by atoms with Crippen molar-refractivity contribution in [1.82, 2.24) is 9.88 Å². The summed E-state index contributed by atoms with van der Waals surface area (Å²) in [5.41, 5.74) is 3.41. The van der Waals surface area contributed by atoms with Gasteiger partial charge in [0.1, 0.15) is 11.3 Å². The van der Waals surface area contributed by atoms with Gasteiger partial charge in [-0.1, -0.05) is 35.1 Å². The van der Waals surface area contributed by atoms with Crippen LogP contribution >= 0.6 is 23.1 Å². The summed E-state index contributed by atoms with van der Waals surface area (Å²) < 4.78 is 6.65. The predicted molar refractivity (Wildman–Crippen MR) is 126 cm³/mol. The molecule has 0 unspecified atom stereocenters. The minimum Gasteiger partial charge on any atom is -0.494 e. The highest BCUT2D eigenvalue weighted by Crippen LogP contribution is 2.36. The van der Waals surface area contributed by atoms with E-state index in [9.17, 15) is 4.79 Å². The van der Waals surface area contributed by atoms with Crippen LogP contribution in [0.3, 0.4) is 0 Å². The Morgan fingerprint density at radius 3 is 2.53 bits per heavy atom. The van der Waals surface area contributed by atoms with E-state index in [1.165, 1.54) is 20.7 Å². The van der Waals surface area contributed by atoms with Crippen LogP contribution in [0.5, 0.6) is 5.75 Å². The fraction of sp³-hybridized carbons (Fsp3) is 0.391. The Morgan fingerprint density at radius 2 is 1.83 bits per heavy atom. The van der Waals surface area contributed by atoms with Gasteiger partial charge in [-0.25, -0.2) is 4.98 Å². The third-order valence-corrected chi connectivity index (χ3v) is 7.69. The van der Waals surface area contributed by atoms with Gasteiger partial charge in [-0.15, -0.1) is 11.8 Å². The van der Waals surface area contributed by atoms with Gasteiger partial charge in [-0.05, 0) is 37.6 Å². The van der Waals surface area contributed by atoms with E-state index in [0.717, 1.165) is 48.3 Å². The standard InChI is InChI=1S/C23H27N3O2S2/c1-16-4-7-18(8-5-16)29-15-10-20(27)25-11-13-26(14-12-25)23-24-21-19(28-3)9-6-17(2)22(21)30-23/h4-9H,10-15H2,1-3H3. The van der Waals surface area contributed by atoms with Crippen LogP contribution in [-0.4, -0.2) is 54.8 Å². The number of fused-ring (bicyclic) bond motifs is 1. The molecule has 30 heavy (non-hydrogen) atoms. The zero-order valence-electron chi connectivity index (χ0n) is 17.7. The van der Waals surface area contributed by atoms with Crippen molar-refractivity contribution in [3.05, 3.63) is 47.5 Å². The van der Waals surface area contributed by atoms with Gasteiger partial charge in [0.05, 0.1) is 11.8 Å². The molecule has 1 saturated heterocycles. The molecule has 0 spiro atoms. The maximum absolute atomic E-state index is 12.6. The number of piperazine rings is 1. The number of carbonyl (C=O) groups excluding carboxylic acids is 1. The molecule has 1 aliphatic heterocycles. The van der Waals surface area contributed by atoms with Gasteiger partial charge < -0.3 is 14.5 Å². The fourth-order valence-corrected chi connectivity index (χ4v) is 5.54. The number of rotatable bonds is 6. The molecular weight excluding hydrogens is 414 g/mol. The van der Waals surface area contributed by atoms with Crippen LogP contribution < -0.4 is 9.64 Å². The number of aryl methyl sites for hydroxylation is 2. The third kappa shape index (κ3) is 4.57. The number of thioether (sulfide) groups is 1. The highest BCUT2D eigenvalue weighted by atomic mass is 32.2. The Balaban J connectivity index is 1.31. The van der Waals surface area contributed by atoms with Crippen molar-refractivity contribution in [2.45, 2.75) is 25.2 Å². The summed E-state index contributed by atoms with van der Waals surface area (Å²) in [4.78, 5) is 23.0. The molecule has 1 fully saturated rings. The molecule has 0 bridgehead atoms. The van der Waals surface area contributed by atoms with Crippen LogP contribution in [0, 0.1) is 13.8 Å². The fourth-order valence-electron chi connectivity index (χ4n) is 3.59. The van der Waals surface area contributed by atoms with E-state index in [2.05, 4.69) is 49.1 Å². The first-order valence-electron chi connectivity index (χ1n) is 10.2. The van der Waals surface area contributed by atoms with Crippen LogP contribution in [0.15, 0.2) is 41.3 Å². The molecule has 7 heteroatoms. The van der Waals surface area contributed by atoms with Crippen LogP contribution in [-0.2, 0) is 4.79 Å². The first kappa shape index (κ1) is 21.0. The molecule has 0 N–H and O–H groups in total. The molecule has 4 rings (SSSR count). The highest BCUT2D eigenvalue weighted by molar-refractivity contribution is 7.99. The van der Waals surface area contributed by atoms with Crippen molar-refractivity contribution in [1.29, 1.82) is 0 Å². The summed E-state index contributed by atoms with van der Waals surface area (Å²) in [6.07, 6.45) is 0.579. The van der Waals surface area contributed by atoms with Gasteiger partial charge in [0.15, 0.2) is 5.13 Å². The summed E-state index contributed by atoms with van der Waals surface area (Å²) in [6, 6.07) is 12.5. The maximum atomic E-state index is 12.6. The zero-order valence-corrected chi connectivity index (χ0v) is 19.3. The van der Waals surface area contributed by atoms with Crippen molar-refractivity contribution in [3.8, 4) is 5.75 Å². The zero-order chi connectivity index (χ0) is 21.1. The second kappa shape index (κ2) is 9.27. The maximum Gasteiger partial charge on any atom is 0.223 e. The summed E-state index contributed by atoms with van der Waals surface area (Å²) in [6.45, 7) is 7.33. The molecule has 3 aromatic rings. The third-order valence-electron chi connectivity index (χ3n) is 5.42. The van der Waals surface area contributed by atoms with Crippen LogP contribution in [0.2, 0.25) is 0 Å². The molecule has 5 nitrogen and oxygen atoms in total. The molecule has 158 valence electrons. The van der Waals surface area contributed by atoms with Crippen molar-refractivity contribution in [3.63, 3.8) is 0 Å². The molecule has 1 amide bonds. The minimum absolute atomic E-state index is 0.246. The second-order valence-corrected chi connectivity index (χ2v) is 9.68. The largest absolute Gasteiger partial charge is 0.494 e. The smallest absolute Gasteiger partial charge is 0.223 e. The number of carbonyl (C=O) groups is 1. The second-order valence-electron chi connectivity index (χ2n) is 7.54. The molecule has 2 aromatic carbocycles. The average molecular weight is 442 g/mol. The van der Waals surface area contributed by atoms with Gasteiger partial charge in [0.25, 0.3) is 0 Å². The Morgan fingerprint density at radius 1 is 1.10 bits per heavy atom. The van der Waals surface area contributed by atoms with Gasteiger partial charge >= 0.3 is 0 Å². The number of amides is 1. The lowest BCUT2D eigenvalue weighted by molar-refractivity contribution is -0.131. The summed E-state index contributed by atoms with van der Waals surface area (Å²) >= 11 is 3.46. The molecule has 0 atom stereocenters. The molecule has 1 aromatic heterocycles. The Bertz CT molecular complexity index is 1020. The number of ether oxygens (including phenoxy) is 1. The van der Waals surface area contributed by atoms with E-state index in [1.807, 2.05) is 11.0 Å². The highest BCUT2D eigenvalue weighted by Gasteiger charge is 2.23. The van der Waals surface area contributed by atoms with Crippen LogP contribution in [0.4, 0.5) is 5.13 Å². The minimum atomic E-state index is 0.246. The number of methoxy groups -OCH3 is 1. The summed E-state index contributed by atoms with van der Waals surface area (Å²) in [5.74, 6) is 1.88. The van der Waals surface area contributed by atoms with Gasteiger partial charge in [0.2, 0.25) is 5.91 Å². The van der Waals surface area contributed by atoms with E-state index in [4.69, 9.17) is 9.72 Å². The number of nitrogens with zero attached hydrogens (tertiary/aromatic N) is 3. The molecular formula is C23H27N3O2S2. The van der Waals surface area contributed by atoms with E-state index < -0.39 is 0 Å². The lowest BCUT2D eigenvalue weighted by Crippen LogP contribution is -2.48. The van der Waals surface area contributed by atoms with Gasteiger partial charge in [0, 0.05) is 43.2 Å². The molecule has 1 aliphatic rings. The van der Waals surface area contributed by atoms with E-state index in [1.54, 1.807) is 30.2 Å². The number of hydrogen-bond acceptors (Lipinski definition) is 6. The van der Waals surface area contributed by atoms with E-state index in [-0.39, 0.29) is 5.91 Å². The van der Waals surface area contributed by atoms with Gasteiger partial charge in [-0.2, -0.15) is 0 Å². The molecule has 0 aliphatic carbocycles. The SMILES string of the molecule is COc1ccc(C)c2sc(N3CCN(C(=O)CCSc4ccc(C)cc4)CC3)nc12. The van der Waals surface area contributed by atoms with Crippen LogP contribution in [0.1, 0.15) is 17.5 Å². The number of aromatic nitrogens is 1. The lowest BCUT2D eigenvalue weighted by Gasteiger charge is -2.34. The van der Waals surface area contributed by atoms with E-state index >= 15 is 0 Å². The van der Waals surface area contributed by atoms with Crippen molar-refractivity contribution < 1.29 is 9.53 Å². The Kier molecular flexibility index (Phi) is 6.49. The van der Waals surface area contributed by atoms with Crippen molar-refractivity contribution >= 4 is 44.4 Å². The average Bonchev–Trinajstić information content (AvgIpc) is 3.22. The topological polar surface area (TPSA) is 45.7 Å². The van der Waals surface area contributed by atoms with Crippen LogP contribution in [0.25, 0.3) is 10.2 Å². The Hall–Kier alpha value is -2.25. The monoisotopic (exact) mass is 441 g/mol. The number of anilines is 1. The number of benzene rings is 2.